The summed E-state index contributed by atoms with van der Waals surface area (Å²) in [5, 5.41) is 3.63. The molecular weight excluding hydrogens is 330 g/mol. The van der Waals surface area contributed by atoms with Gasteiger partial charge >= 0.3 is 12.1 Å². The molecule has 1 fully saturated rings. The molecule has 1 saturated heterocycles. The minimum atomic E-state index is -0.342. The second kappa shape index (κ2) is 8.24. The van der Waals surface area contributed by atoms with Crippen LogP contribution in [0.5, 0.6) is 0 Å². The summed E-state index contributed by atoms with van der Waals surface area (Å²) >= 11 is 6.01. The predicted molar refractivity (Wildman–Crippen MR) is 93.2 cm³/mol. The first-order valence-corrected chi connectivity index (χ1v) is 8.38. The Bertz CT molecular complexity index is 609. The van der Waals surface area contributed by atoms with Gasteiger partial charge in [-0.2, -0.15) is 0 Å². The van der Waals surface area contributed by atoms with Crippen LogP contribution in [-0.4, -0.2) is 55.2 Å². The second-order valence-electron chi connectivity index (χ2n) is 6.07. The van der Waals surface area contributed by atoms with E-state index < -0.39 is 0 Å². The number of methoxy groups -OCH3 is 1. The largest absolute Gasteiger partial charge is 0.453 e. The zero-order valence-electron chi connectivity index (χ0n) is 14.3. The number of likely N-dealkylation sites (tertiary alicyclic amines) is 1. The number of likely N-dealkylation sites (N-methyl/N-ethyl adjacent to an activating group) is 1. The van der Waals surface area contributed by atoms with E-state index in [4.69, 9.17) is 16.3 Å². The number of hydrogen-bond acceptors (Lipinski definition) is 3. The van der Waals surface area contributed by atoms with E-state index in [9.17, 15) is 9.59 Å². The number of nitrogens with one attached hydrogen (secondary N) is 1. The van der Waals surface area contributed by atoms with Gasteiger partial charge in [-0.25, -0.2) is 9.59 Å². The Balaban J connectivity index is 1.89. The van der Waals surface area contributed by atoms with E-state index in [1.54, 1.807) is 16.8 Å². The SMILES string of the molecule is COC(=O)N1CCC[C@@H](N(C)C(=O)NCc2ccc(Cl)c(C)c2)C1. The van der Waals surface area contributed by atoms with E-state index in [1.807, 2.05) is 25.1 Å². The number of urea groups is 1. The van der Waals surface area contributed by atoms with Crippen LogP contribution in [0.4, 0.5) is 9.59 Å². The monoisotopic (exact) mass is 353 g/mol. The average Bonchev–Trinajstić information content (AvgIpc) is 2.61. The van der Waals surface area contributed by atoms with Crippen molar-refractivity contribution in [3.63, 3.8) is 0 Å². The van der Waals surface area contributed by atoms with E-state index in [-0.39, 0.29) is 18.2 Å². The van der Waals surface area contributed by atoms with Crippen molar-refractivity contribution in [1.82, 2.24) is 15.1 Å². The number of hydrogen-bond donors (Lipinski definition) is 1. The van der Waals surface area contributed by atoms with E-state index in [0.29, 0.717) is 24.7 Å². The smallest absolute Gasteiger partial charge is 0.409 e. The molecule has 1 aromatic rings. The Labute approximate surface area is 147 Å². The summed E-state index contributed by atoms with van der Waals surface area (Å²) in [7, 11) is 3.13. The fourth-order valence-electron chi connectivity index (χ4n) is 2.85. The fraction of sp³-hybridized carbons (Fsp3) is 0.529. The van der Waals surface area contributed by atoms with Crippen LogP contribution in [-0.2, 0) is 11.3 Å². The number of benzene rings is 1. The Hall–Kier alpha value is -1.95. The maximum Gasteiger partial charge on any atom is 0.409 e. The first-order valence-electron chi connectivity index (χ1n) is 8.01. The lowest BCUT2D eigenvalue weighted by molar-refractivity contribution is 0.0902. The Kier molecular flexibility index (Phi) is 6.31. The summed E-state index contributed by atoms with van der Waals surface area (Å²) < 4.78 is 4.76. The summed E-state index contributed by atoms with van der Waals surface area (Å²) in [6.07, 6.45) is 1.38. The maximum atomic E-state index is 12.4. The zero-order valence-corrected chi connectivity index (χ0v) is 15.1. The number of carbonyl (C=O) groups is 2. The molecule has 7 heteroatoms. The number of halogens is 1. The molecule has 1 heterocycles. The predicted octanol–water partition coefficient (Wildman–Crippen LogP) is 3.02. The summed E-state index contributed by atoms with van der Waals surface area (Å²) in [6.45, 7) is 3.54. The highest BCUT2D eigenvalue weighted by molar-refractivity contribution is 6.31. The molecule has 24 heavy (non-hydrogen) atoms. The number of nitrogens with zero attached hydrogens (tertiary/aromatic N) is 2. The molecule has 0 unspecified atom stereocenters. The summed E-state index contributed by atoms with van der Waals surface area (Å²) in [4.78, 5) is 27.3. The van der Waals surface area contributed by atoms with Gasteiger partial charge in [0.15, 0.2) is 0 Å². The Morgan fingerprint density at radius 3 is 2.88 bits per heavy atom. The normalized spacial score (nSPS) is 17.3. The minimum Gasteiger partial charge on any atom is -0.453 e. The van der Waals surface area contributed by atoms with Crippen molar-refractivity contribution in [2.24, 2.45) is 0 Å². The summed E-state index contributed by atoms with van der Waals surface area (Å²) in [6, 6.07) is 5.53. The van der Waals surface area contributed by atoms with Gasteiger partial charge in [0.25, 0.3) is 0 Å². The van der Waals surface area contributed by atoms with Crippen molar-refractivity contribution in [3.05, 3.63) is 34.3 Å². The third kappa shape index (κ3) is 4.54. The van der Waals surface area contributed by atoms with Gasteiger partial charge in [-0.3, -0.25) is 0 Å². The van der Waals surface area contributed by atoms with Gasteiger partial charge in [0.1, 0.15) is 0 Å². The molecule has 132 valence electrons. The molecule has 1 aliphatic heterocycles. The van der Waals surface area contributed by atoms with Gasteiger partial charge in [0.05, 0.1) is 13.2 Å². The van der Waals surface area contributed by atoms with Gasteiger partial charge < -0.3 is 19.9 Å². The molecule has 0 radical (unpaired) electrons. The molecule has 3 amide bonds. The molecule has 1 aromatic carbocycles. The molecule has 0 aromatic heterocycles. The summed E-state index contributed by atoms with van der Waals surface area (Å²) in [5.41, 5.74) is 1.98. The van der Waals surface area contributed by atoms with E-state index in [1.165, 1.54) is 7.11 Å². The van der Waals surface area contributed by atoms with Crippen LogP contribution in [0.2, 0.25) is 5.02 Å². The van der Waals surface area contributed by atoms with E-state index >= 15 is 0 Å². The summed E-state index contributed by atoms with van der Waals surface area (Å²) in [5.74, 6) is 0. The molecule has 1 aliphatic rings. The molecule has 0 bridgehead atoms. The lowest BCUT2D eigenvalue weighted by Crippen LogP contribution is -2.52. The van der Waals surface area contributed by atoms with Crippen LogP contribution in [0.25, 0.3) is 0 Å². The van der Waals surface area contributed by atoms with Crippen LogP contribution in [0.1, 0.15) is 24.0 Å². The highest BCUT2D eigenvalue weighted by Gasteiger charge is 2.28. The number of ether oxygens (including phenoxy) is 1. The first-order chi connectivity index (χ1) is 11.4. The number of amides is 3. The number of aryl methyl sites for hydroxylation is 1. The van der Waals surface area contributed by atoms with Crippen molar-refractivity contribution >= 4 is 23.7 Å². The number of carbonyl (C=O) groups excluding carboxylic acids is 2. The zero-order chi connectivity index (χ0) is 17.7. The van der Waals surface area contributed by atoms with Gasteiger partial charge in [-0.1, -0.05) is 23.7 Å². The number of rotatable bonds is 3. The van der Waals surface area contributed by atoms with Crippen molar-refractivity contribution in [3.8, 4) is 0 Å². The Morgan fingerprint density at radius 2 is 2.21 bits per heavy atom. The molecule has 1 atom stereocenters. The third-order valence-corrected chi connectivity index (χ3v) is 4.79. The van der Waals surface area contributed by atoms with Gasteiger partial charge in [-0.05, 0) is 37.0 Å². The lowest BCUT2D eigenvalue weighted by Gasteiger charge is -2.36. The standard InChI is InChI=1S/C17H24ClN3O3/c1-12-9-13(6-7-15(12)18)10-19-16(22)20(2)14-5-4-8-21(11-14)17(23)24-3/h6-7,9,14H,4-5,8,10-11H2,1-3H3,(H,19,22)/t14-/m1/s1. The maximum absolute atomic E-state index is 12.4. The average molecular weight is 354 g/mol. The minimum absolute atomic E-state index is 0.00944. The van der Waals surface area contributed by atoms with E-state index in [2.05, 4.69) is 5.32 Å². The van der Waals surface area contributed by atoms with E-state index in [0.717, 1.165) is 24.0 Å². The number of piperidine rings is 1. The lowest BCUT2D eigenvalue weighted by atomic mass is 10.1. The van der Waals surface area contributed by atoms with Crippen LogP contribution < -0.4 is 5.32 Å². The fourth-order valence-corrected chi connectivity index (χ4v) is 2.97. The van der Waals surface area contributed by atoms with Gasteiger partial charge in [0, 0.05) is 31.7 Å². The van der Waals surface area contributed by atoms with Crippen molar-refractivity contribution < 1.29 is 14.3 Å². The molecular formula is C17H24ClN3O3. The highest BCUT2D eigenvalue weighted by atomic mass is 35.5. The third-order valence-electron chi connectivity index (χ3n) is 4.36. The van der Waals surface area contributed by atoms with Crippen molar-refractivity contribution in [1.29, 1.82) is 0 Å². The van der Waals surface area contributed by atoms with Gasteiger partial charge in [-0.15, -0.1) is 0 Å². The molecule has 0 saturated carbocycles. The van der Waals surface area contributed by atoms with Crippen LogP contribution in [0.3, 0.4) is 0 Å². The van der Waals surface area contributed by atoms with Crippen molar-refractivity contribution in [2.75, 3.05) is 27.2 Å². The van der Waals surface area contributed by atoms with Crippen LogP contribution >= 0.6 is 11.6 Å². The first kappa shape index (κ1) is 18.4. The highest BCUT2D eigenvalue weighted by Crippen LogP contribution is 2.17. The molecule has 0 spiro atoms. The molecule has 0 aliphatic carbocycles. The quantitative estimate of drug-likeness (QED) is 0.908. The van der Waals surface area contributed by atoms with Crippen molar-refractivity contribution in [2.45, 2.75) is 32.4 Å². The molecule has 1 N–H and O–H groups in total. The Morgan fingerprint density at radius 1 is 1.46 bits per heavy atom. The topological polar surface area (TPSA) is 61.9 Å². The van der Waals surface area contributed by atoms with Gasteiger partial charge in [0.2, 0.25) is 0 Å². The van der Waals surface area contributed by atoms with Crippen LogP contribution in [0.15, 0.2) is 18.2 Å². The molecule has 6 nitrogen and oxygen atoms in total. The van der Waals surface area contributed by atoms with Crippen LogP contribution in [0, 0.1) is 6.92 Å². The molecule has 2 rings (SSSR count). The second-order valence-corrected chi connectivity index (χ2v) is 6.47.